The van der Waals surface area contributed by atoms with Gasteiger partial charge in [-0.05, 0) is 56.0 Å². The highest BCUT2D eigenvalue weighted by atomic mass is 16.5. The summed E-state index contributed by atoms with van der Waals surface area (Å²) in [5, 5.41) is 3.02. The van der Waals surface area contributed by atoms with Crippen molar-refractivity contribution in [3.05, 3.63) is 23.8 Å². The summed E-state index contributed by atoms with van der Waals surface area (Å²) in [6.07, 6.45) is 3.11. The average Bonchev–Trinajstić information content (AvgIpc) is 2.89. The minimum absolute atomic E-state index is 0.0616. The largest absolute Gasteiger partial charge is 0.497 e. The van der Waals surface area contributed by atoms with Crippen LogP contribution in [0.4, 0.5) is 5.69 Å². The number of amides is 1. The van der Waals surface area contributed by atoms with Crippen molar-refractivity contribution < 1.29 is 9.53 Å². The van der Waals surface area contributed by atoms with E-state index in [2.05, 4.69) is 5.32 Å². The van der Waals surface area contributed by atoms with Crippen molar-refractivity contribution in [3.63, 3.8) is 0 Å². The molecule has 0 heterocycles. The Morgan fingerprint density at radius 3 is 2.89 bits per heavy atom. The maximum atomic E-state index is 12.3. The van der Waals surface area contributed by atoms with Crippen molar-refractivity contribution >= 4 is 11.6 Å². The molecule has 2 atom stereocenters. The van der Waals surface area contributed by atoms with Crippen LogP contribution in [0.3, 0.4) is 0 Å². The van der Waals surface area contributed by atoms with Crippen molar-refractivity contribution in [2.75, 3.05) is 19.0 Å². The van der Waals surface area contributed by atoms with E-state index in [-0.39, 0.29) is 11.8 Å². The van der Waals surface area contributed by atoms with Gasteiger partial charge in [-0.3, -0.25) is 4.79 Å². The van der Waals surface area contributed by atoms with Gasteiger partial charge in [-0.1, -0.05) is 6.42 Å². The number of nitrogens with two attached hydrogens (primary N) is 1. The standard InChI is InChI=1S/C15H22N2O2/c1-10-8-12(19-2)6-7-14(10)17-15(18)13-5-3-4-11(13)9-16/h6-8,11,13H,3-5,9,16H2,1-2H3,(H,17,18)/t11-,13-/m1/s1. The highest BCUT2D eigenvalue weighted by Crippen LogP contribution is 2.32. The first kappa shape index (κ1) is 13.9. The van der Waals surface area contributed by atoms with Crippen LogP contribution < -0.4 is 15.8 Å². The van der Waals surface area contributed by atoms with Crippen LogP contribution in [0.25, 0.3) is 0 Å². The summed E-state index contributed by atoms with van der Waals surface area (Å²) < 4.78 is 5.16. The Morgan fingerprint density at radius 1 is 1.47 bits per heavy atom. The second-order valence-corrected chi connectivity index (χ2v) is 5.20. The lowest BCUT2D eigenvalue weighted by molar-refractivity contribution is -0.120. The van der Waals surface area contributed by atoms with E-state index in [0.29, 0.717) is 12.5 Å². The van der Waals surface area contributed by atoms with Crippen molar-refractivity contribution in [2.24, 2.45) is 17.6 Å². The van der Waals surface area contributed by atoms with Crippen molar-refractivity contribution in [3.8, 4) is 5.75 Å². The molecule has 0 aromatic heterocycles. The van der Waals surface area contributed by atoms with Gasteiger partial charge in [-0.2, -0.15) is 0 Å². The van der Waals surface area contributed by atoms with Gasteiger partial charge in [0.05, 0.1) is 7.11 Å². The van der Waals surface area contributed by atoms with Gasteiger partial charge in [0.25, 0.3) is 0 Å². The number of methoxy groups -OCH3 is 1. The molecule has 0 aliphatic heterocycles. The van der Waals surface area contributed by atoms with Gasteiger partial charge in [0.1, 0.15) is 5.75 Å². The molecule has 1 fully saturated rings. The maximum Gasteiger partial charge on any atom is 0.227 e. The predicted octanol–water partition coefficient (Wildman–Crippen LogP) is 2.32. The number of ether oxygens (including phenoxy) is 1. The Balaban J connectivity index is 2.06. The fraction of sp³-hybridized carbons (Fsp3) is 0.533. The highest BCUT2D eigenvalue weighted by molar-refractivity contribution is 5.93. The van der Waals surface area contributed by atoms with Crippen molar-refractivity contribution in [1.29, 1.82) is 0 Å². The summed E-state index contributed by atoms with van der Waals surface area (Å²) in [4.78, 5) is 12.3. The lowest BCUT2D eigenvalue weighted by Crippen LogP contribution is -2.29. The van der Waals surface area contributed by atoms with Crippen LogP contribution in [-0.2, 0) is 4.79 Å². The normalized spacial score (nSPS) is 22.3. The summed E-state index contributed by atoms with van der Waals surface area (Å²) in [5.41, 5.74) is 7.59. The molecule has 2 rings (SSSR count). The second kappa shape index (κ2) is 6.06. The molecule has 1 aliphatic carbocycles. The van der Waals surface area contributed by atoms with E-state index >= 15 is 0 Å². The number of nitrogens with one attached hydrogen (secondary N) is 1. The molecule has 4 nitrogen and oxygen atoms in total. The molecule has 4 heteroatoms. The van der Waals surface area contributed by atoms with E-state index in [0.717, 1.165) is 36.3 Å². The molecule has 0 radical (unpaired) electrons. The van der Waals surface area contributed by atoms with Crippen LogP contribution in [0, 0.1) is 18.8 Å². The van der Waals surface area contributed by atoms with Crippen LogP contribution in [0.2, 0.25) is 0 Å². The Hall–Kier alpha value is -1.55. The molecule has 1 aromatic rings. The number of hydrogen-bond acceptors (Lipinski definition) is 3. The van der Waals surface area contributed by atoms with Gasteiger partial charge >= 0.3 is 0 Å². The number of carbonyl (C=O) groups is 1. The number of aryl methyl sites for hydroxylation is 1. The fourth-order valence-corrected chi connectivity index (χ4v) is 2.79. The van der Waals surface area contributed by atoms with Crippen LogP contribution in [0.15, 0.2) is 18.2 Å². The van der Waals surface area contributed by atoms with E-state index in [1.807, 2.05) is 25.1 Å². The van der Waals surface area contributed by atoms with Gasteiger partial charge in [-0.25, -0.2) is 0 Å². The molecule has 0 unspecified atom stereocenters. The first-order valence-electron chi connectivity index (χ1n) is 6.81. The van der Waals surface area contributed by atoms with Gasteiger partial charge in [0, 0.05) is 11.6 Å². The Bertz CT molecular complexity index is 459. The summed E-state index contributed by atoms with van der Waals surface area (Å²) >= 11 is 0. The summed E-state index contributed by atoms with van der Waals surface area (Å²) in [6, 6.07) is 5.67. The van der Waals surface area contributed by atoms with Crippen LogP contribution in [0.1, 0.15) is 24.8 Å². The fourth-order valence-electron chi connectivity index (χ4n) is 2.79. The van der Waals surface area contributed by atoms with Gasteiger partial charge < -0.3 is 15.8 Å². The monoisotopic (exact) mass is 262 g/mol. The molecule has 104 valence electrons. The smallest absolute Gasteiger partial charge is 0.227 e. The molecule has 0 spiro atoms. The second-order valence-electron chi connectivity index (χ2n) is 5.20. The lowest BCUT2D eigenvalue weighted by Gasteiger charge is -2.18. The minimum Gasteiger partial charge on any atom is -0.497 e. The summed E-state index contributed by atoms with van der Waals surface area (Å²) in [7, 11) is 1.64. The van der Waals surface area contributed by atoms with E-state index in [9.17, 15) is 4.79 Å². The zero-order chi connectivity index (χ0) is 13.8. The number of rotatable bonds is 4. The lowest BCUT2D eigenvalue weighted by atomic mass is 9.95. The van der Waals surface area contributed by atoms with E-state index < -0.39 is 0 Å². The summed E-state index contributed by atoms with van der Waals surface area (Å²) in [5.74, 6) is 1.29. The first-order valence-corrected chi connectivity index (χ1v) is 6.81. The van der Waals surface area contributed by atoms with Crippen molar-refractivity contribution in [1.82, 2.24) is 0 Å². The van der Waals surface area contributed by atoms with Crippen molar-refractivity contribution in [2.45, 2.75) is 26.2 Å². The number of benzene rings is 1. The molecule has 1 amide bonds. The Morgan fingerprint density at radius 2 is 2.26 bits per heavy atom. The average molecular weight is 262 g/mol. The highest BCUT2D eigenvalue weighted by Gasteiger charge is 2.31. The third kappa shape index (κ3) is 3.07. The molecule has 3 N–H and O–H groups in total. The van der Waals surface area contributed by atoms with Crippen LogP contribution in [-0.4, -0.2) is 19.6 Å². The topological polar surface area (TPSA) is 64.3 Å². The third-order valence-electron chi connectivity index (χ3n) is 3.99. The Labute approximate surface area is 114 Å². The van der Waals surface area contributed by atoms with E-state index in [1.54, 1.807) is 7.11 Å². The molecule has 1 aromatic carbocycles. The number of hydrogen-bond donors (Lipinski definition) is 2. The van der Waals surface area contributed by atoms with Gasteiger partial charge in [0.15, 0.2) is 0 Å². The van der Waals surface area contributed by atoms with E-state index in [1.165, 1.54) is 0 Å². The third-order valence-corrected chi connectivity index (χ3v) is 3.99. The molecule has 19 heavy (non-hydrogen) atoms. The number of anilines is 1. The summed E-state index contributed by atoms with van der Waals surface area (Å²) in [6.45, 7) is 2.56. The zero-order valence-corrected chi connectivity index (χ0v) is 11.6. The molecule has 1 saturated carbocycles. The minimum atomic E-state index is 0.0616. The predicted molar refractivity (Wildman–Crippen MR) is 76.2 cm³/mol. The van der Waals surface area contributed by atoms with E-state index in [4.69, 9.17) is 10.5 Å². The quantitative estimate of drug-likeness (QED) is 0.875. The Kier molecular flexibility index (Phi) is 4.43. The molecular formula is C15H22N2O2. The SMILES string of the molecule is COc1ccc(NC(=O)[C@@H]2CCC[C@@H]2CN)c(C)c1. The van der Waals surface area contributed by atoms with Gasteiger partial charge in [0.2, 0.25) is 5.91 Å². The number of carbonyl (C=O) groups excluding carboxylic acids is 1. The molecule has 1 aliphatic rings. The molecule has 0 saturated heterocycles. The van der Waals surface area contributed by atoms with Crippen LogP contribution in [0.5, 0.6) is 5.75 Å². The first-order chi connectivity index (χ1) is 9.15. The van der Waals surface area contributed by atoms with Gasteiger partial charge in [-0.15, -0.1) is 0 Å². The zero-order valence-electron chi connectivity index (χ0n) is 11.6. The van der Waals surface area contributed by atoms with Crippen LogP contribution >= 0.6 is 0 Å². The molecule has 0 bridgehead atoms. The molecular weight excluding hydrogens is 240 g/mol. The maximum absolute atomic E-state index is 12.3.